The van der Waals surface area contributed by atoms with E-state index in [1.807, 2.05) is 41.3 Å². The second-order valence-corrected chi connectivity index (χ2v) is 7.34. The maximum atomic E-state index is 13.0. The minimum absolute atomic E-state index is 0.00570. The molecule has 2 aromatic rings. The molecule has 156 valence electrons. The summed E-state index contributed by atoms with van der Waals surface area (Å²) in [4.78, 5) is 31.8. The van der Waals surface area contributed by atoms with Crippen LogP contribution < -0.4 is 11.1 Å². The predicted octanol–water partition coefficient (Wildman–Crippen LogP) is 4.36. The molecule has 0 radical (unpaired) electrons. The molecule has 2 aromatic carbocycles. The summed E-state index contributed by atoms with van der Waals surface area (Å²) < 4.78 is 0. The van der Waals surface area contributed by atoms with Crippen LogP contribution in [0.25, 0.3) is 6.08 Å². The number of benzene rings is 2. The van der Waals surface area contributed by atoms with Crippen molar-refractivity contribution in [2.45, 2.75) is 33.1 Å². The Morgan fingerprint density at radius 2 is 1.77 bits per heavy atom. The highest BCUT2D eigenvalue weighted by molar-refractivity contribution is 6.07. The Hall–Kier alpha value is -3.41. The van der Waals surface area contributed by atoms with Gasteiger partial charge in [-0.3, -0.25) is 9.59 Å². The van der Waals surface area contributed by atoms with Crippen LogP contribution in [0.15, 0.2) is 59.1 Å². The van der Waals surface area contributed by atoms with Gasteiger partial charge in [0.25, 0.3) is 5.91 Å². The molecule has 3 N–H and O–H groups in total. The van der Waals surface area contributed by atoms with E-state index < -0.39 is 0 Å². The van der Waals surface area contributed by atoms with Crippen molar-refractivity contribution in [1.29, 1.82) is 0 Å². The fourth-order valence-corrected chi connectivity index (χ4v) is 3.46. The van der Waals surface area contributed by atoms with Crippen molar-refractivity contribution in [2.24, 2.45) is 10.7 Å². The molecule has 6 nitrogen and oxygen atoms in total. The van der Waals surface area contributed by atoms with Crippen molar-refractivity contribution in [1.82, 2.24) is 4.90 Å². The van der Waals surface area contributed by atoms with Crippen LogP contribution in [-0.4, -0.2) is 35.6 Å². The van der Waals surface area contributed by atoms with Gasteiger partial charge in [-0.05, 0) is 43.2 Å². The zero-order chi connectivity index (χ0) is 21.5. The van der Waals surface area contributed by atoms with Crippen LogP contribution in [0, 0.1) is 0 Å². The summed E-state index contributed by atoms with van der Waals surface area (Å²) in [5.74, 6) is 0.196. The molecule has 0 atom stereocenters. The Kier molecular flexibility index (Phi) is 7.01. The van der Waals surface area contributed by atoms with Gasteiger partial charge < -0.3 is 16.0 Å². The molecular formula is C24H28N4O2. The molecule has 3 rings (SSSR count). The van der Waals surface area contributed by atoms with Crippen molar-refractivity contribution in [2.75, 3.05) is 18.4 Å². The van der Waals surface area contributed by atoms with Gasteiger partial charge in [-0.15, -0.1) is 0 Å². The summed E-state index contributed by atoms with van der Waals surface area (Å²) in [5, 5.41) is 2.88. The Balaban J connectivity index is 1.86. The molecule has 0 saturated carbocycles. The standard InChI is InChI=1S/C24H28N4O2/c1-3-12-28(13-4-2)24(30)19-14-18-10-11-20(16-21(18)27-22(25)15-19)26-23(29)17-8-6-5-7-9-17/h5-11,14,16H,3-4,12-13,15H2,1-2H3,(H2,25,27)(H,26,29). The molecule has 0 aliphatic carbocycles. The van der Waals surface area contributed by atoms with E-state index >= 15 is 0 Å². The number of hydrogen-bond acceptors (Lipinski definition) is 4. The van der Waals surface area contributed by atoms with Crippen LogP contribution in [0.1, 0.15) is 49.0 Å². The third-order valence-electron chi connectivity index (χ3n) is 4.84. The molecule has 0 aromatic heterocycles. The Bertz CT molecular complexity index is 974. The lowest BCUT2D eigenvalue weighted by Crippen LogP contribution is -2.34. The zero-order valence-electron chi connectivity index (χ0n) is 17.5. The van der Waals surface area contributed by atoms with Crippen LogP contribution in [-0.2, 0) is 4.79 Å². The lowest BCUT2D eigenvalue weighted by Gasteiger charge is -2.22. The first-order valence-electron chi connectivity index (χ1n) is 10.3. The molecule has 0 fully saturated rings. The Morgan fingerprint density at radius 3 is 2.43 bits per heavy atom. The molecule has 2 amide bonds. The molecule has 6 heteroatoms. The third kappa shape index (κ3) is 5.14. The molecular weight excluding hydrogens is 376 g/mol. The van der Waals surface area contributed by atoms with Gasteiger partial charge in [-0.1, -0.05) is 38.1 Å². The average Bonchev–Trinajstić information content (AvgIpc) is 2.91. The van der Waals surface area contributed by atoms with E-state index in [1.54, 1.807) is 18.2 Å². The fourth-order valence-electron chi connectivity index (χ4n) is 3.46. The van der Waals surface area contributed by atoms with E-state index in [4.69, 9.17) is 5.73 Å². The number of amides is 2. The zero-order valence-corrected chi connectivity index (χ0v) is 17.5. The molecule has 1 aliphatic rings. The number of rotatable bonds is 7. The maximum absolute atomic E-state index is 13.0. The summed E-state index contributed by atoms with van der Waals surface area (Å²) in [7, 11) is 0. The van der Waals surface area contributed by atoms with Crippen molar-refractivity contribution in [3.63, 3.8) is 0 Å². The lowest BCUT2D eigenvalue weighted by atomic mass is 10.1. The molecule has 0 unspecified atom stereocenters. The number of hydrogen-bond donors (Lipinski definition) is 2. The van der Waals surface area contributed by atoms with Crippen LogP contribution in [0.4, 0.5) is 11.4 Å². The molecule has 0 bridgehead atoms. The minimum atomic E-state index is -0.192. The van der Waals surface area contributed by atoms with Crippen LogP contribution in [0.3, 0.4) is 0 Å². The van der Waals surface area contributed by atoms with Gasteiger partial charge in [0.15, 0.2) is 0 Å². The van der Waals surface area contributed by atoms with Crippen LogP contribution >= 0.6 is 0 Å². The molecule has 1 heterocycles. The lowest BCUT2D eigenvalue weighted by molar-refractivity contribution is -0.127. The van der Waals surface area contributed by atoms with Crippen LogP contribution in [0.2, 0.25) is 0 Å². The number of fused-ring (bicyclic) bond motifs is 1. The third-order valence-corrected chi connectivity index (χ3v) is 4.84. The van der Waals surface area contributed by atoms with Gasteiger partial charge in [-0.2, -0.15) is 0 Å². The van der Waals surface area contributed by atoms with E-state index in [0.717, 1.165) is 31.5 Å². The summed E-state index contributed by atoms with van der Waals surface area (Å²) in [6, 6.07) is 14.5. The second kappa shape index (κ2) is 9.87. The largest absolute Gasteiger partial charge is 0.387 e. The molecule has 1 aliphatic heterocycles. The van der Waals surface area contributed by atoms with E-state index in [1.165, 1.54) is 0 Å². The fraction of sp³-hybridized carbons (Fsp3) is 0.292. The monoisotopic (exact) mass is 404 g/mol. The van der Waals surface area contributed by atoms with Gasteiger partial charge in [0, 0.05) is 41.9 Å². The van der Waals surface area contributed by atoms with Gasteiger partial charge in [0.2, 0.25) is 5.91 Å². The second-order valence-electron chi connectivity index (χ2n) is 7.34. The Morgan fingerprint density at radius 1 is 1.07 bits per heavy atom. The Labute approximate surface area is 177 Å². The van der Waals surface area contributed by atoms with Gasteiger partial charge in [0.05, 0.1) is 5.69 Å². The normalized spacial score (nSPS) is 12.9. The summed E-state index contributed by atoms with van der Waals surface area (Å²) in [6.45, 7) is 5.57. The number of amidine groups is 1. The van der Waals surface area contributed by atoms with E-state index in [2.05, 4.69) is 24.2 Å². The predicted molar refractivity (Wildman–Crippen MR) is 122 cm³/mol. The first-order valence-corrected chi connectivity index (χ1v) is 10.3. The smallest absolute Gasteiger partial charge is 0.255 e. The van der Waals surface area contributed by atoms with Gasteiger partial charge >= 0.3 is 0 Å². The van der Waals surface area contributed by atoms with E-state index in [9.17, 15) is 9.59 Å². The van der Waals surface area contributed by atoms with Crippen molar-refractivity contribution in [3.8, 4) is 0 Å². The van der Waals surface area contributed by atoms with Gasteiger partial charge in [-0.25, -0.2) is 4.99 Å². The first-order chi connectivity index (χ1) is 14.5. The maximum Gasteiger partial charge on any atom is 0.255 e. The molecule has 0 spiro atoms. The highest BCUT2D eigenvalue weighted by atomic mass is 16.2. The molecule has 30 heavy (non-hydrogen) atoms. The number of anilines is 1. The van der Waals surface area contributed by atoms with Gasteiger partial charge in [0.1, 0.15) is 5.84 Å². The minimum Gasteiger partial charge on any atom is -0.387 e. The topological polar surface area (TPSA) is 87.8 Å². The quantitative estimate of drug-likeness (QED) is 0.718. The van der Waals surface area contributed by atoms with Crippen molar-refractivity contribution in [3.05, 3.63) is 65.2 Å². The summed E-state index contributed by atoms with van der Waals surface area (Å²) in [5.41, 5.74) is 9.41. The number of nitrogens with zero attached hydrogens (tertiary/aromatic N) is 2. The van der Waals surface area contributed by atoms with Crippen molar-refractivity contribution < 1.29 is 9.59 Å². The number of carbonyl (C=O) groups is 2. The average molecular weight is 405 g/mol. The summed E-state index contributed by atoms with van der Waals surface area (Å²) >= 11 is 0. The number of nitrogens with two attached hydrogens (primary N) is 1. The first kappa shape index (κ1) is 21.3. The highest BCUT2D eigenvalue weighted by Crippen LogP contribution is 2.30. The number of carbonyl (C=O) groups excluding carboxylic acids is 2. The van der Waals surface area contributed by atoms with E-state index in [-0.39, 0.29) is 11.8 Å². The van der Waals surface area contributed by atoms with Crippen molar-refractivity contribution >= 4 is 35.1 Å². The number of aliphatic imine (C=N–C) groups is 1. The highest BCUT2D eigenvalue weighted by Gasteiger charge is 2.21. The van der Waals surface area contributed by atoms with Crippen LogP contribution in [0.5, 0.6) is 0 Å². The summed E-state index contributed by atoms with van der Waals surface area (Å²) in [6.07, 6.45) is 3.98. The van der Waals surface area contributed by atoms with E-state index in [0.29, 0.717) is 34.8 Å². The molecule has 0 saturated heterocycles. The number of nitrogens with one attached hydrogen (secondary N) is 1. The SMILES string of the molecule is CCCN(CCC)C(=O)C1=Cc2ccc(NC(=O)c3ccccc3)cc2N=C(N)C1.